The highest BCUT2D eigenvalue weighted by molar-refractivity contribution is 6.50. The highest BCUT2D eigenvalue weighted by Gasteiger charge is 2.11. The second-order valence-corrected chi connectivity index (χ2v) is 6.81. The third kappa shape index (κ3) is 5.03. The van der Waals surface area contributed by atoms with Crippen molar-refractivity contribution in [3.8, 4) is 5.75 Å². The number of carbonyl (C=O) groups is 1. The van der Waals surface area contributed by atoms with Crippen LogP contribution in [0, 0.1) is 0 Å². The maximum absolute atomic E-state index is 12.4. The zero-order valence-electron chi connectivity index (χ0n) is 16.2. The quantitative estimate of drug-likeness (QED) is 0.452. The van der Waals surface area contributed by atoms with Crippen molar-refractivity contribution in [2.75, 3.05) is 13.7 Å². The molecule has 0 radical (unpaired) electrons. The third-order valence-electron chi connectivity index (χ3n) is 4.29. The number of unbranched alkanes of at least 4 members (excludes halogenated alkanes) is 1. The summed E-state index contributed by atoms with van der Waals surface area (Å²) in [5.74, 6) is 0.507. The summed E-state index contributed by atoms with van der Waals surface area (Å²) in [6.07, 6.45) is 3.78. The van der Waals surface area contributed by atoms with Crippen LogP contribution in [0.5, 0.6) is 5.75 Å². The van der Waals surface area contributed by atoms with Crippen molar-refractivity contribution >= 4 is 39.6 Å². The Bertz CT molecular complexity index is 1100. The number of aromatic nitrogens is 2. The fourth-order valence-corrected chi connectivity index (χ4v) is 2.92. The molecule has 2 aromatic carbocycles. The van der Waals surface area contributed by atoms with E-state index >= 15 is 0 Å². The van der Waals surface area contributed by atoms with Gasteiger partial charge in [0.15, 0.2) is 5.82 Å². The zero-order valence-corrected chi connectivity index (χ0v) is 17.0. The van der Waals surface area contributed by atoms with Gasteiger partial charge in [-0.3, -0.25) is 4.79 Å². The van der Waals surface area contributed by atoms with Crippen LogP contribution in [0.1, 0.15) is 41.5 Å². The Labute approximate surface area is 173 Å². The standard InChI is InChI=1S/C22H21ClN2O4/c1-3-4-11-29-16-8-5-14(6-9-16)12-18(23)20-24-19-13-15(22(27)28-2)7-10-17(19)21(26)25-20/h5-10,12-13H,3-4,11H2,1-2H3,(H,24,25,26). The van der Waals surface area contributed by atoms with E-state index in [1.807, 2.05) is 24.3 Å². The second kappa shape index (κ2) is 9.39. The van der Waals surface area contributed by atoms with Crippen molar-refractivity contribution in [2.45, 2.75) is 19.8 Å². The number of rotatable bonds is 7. The number of aromatic amines is 1. The molecule has 1 N–H and O–H groups in total. The molecule has 0 atom stereocenters. The summed E-state index contributed by atoms with van der Waals surface area (Å²) in [4.78, 5) is 31.2. The van der Waals surface area contributed by atoms with E-state index in [9.17, 15) is 9.59 Å². The highest BCUT2D eigenvalue weighted by atomic mass is 35.5. The number of H-pyrrole nitrogens is 1. The van der Waals surface area contributed by atoms with Crippen LogP contribution in [0.4, 0.5) is 0 Å². The normalized spacial score (nSPS) is 11.5. The second-order valence-electron chi connectivity index (χ2n) is 6.40. The molecule has 0 fully saturated rings. The summed E-state index contributed by atoms with van der Waals surface area (Å²) in [6, 6.07) is 12.0. The number of hydrogen-bond acceptors (Lipinski definition) is 5. The van der Waals surface area contributed by atoms with E-state index < -0.39 is 5.97 Å². The molecular weight excluding hydrogens is 392 g/mol. The maximum atomic E-state index is 12.4. The molecule has 3 rings (SSSR count). The average Bonchev–Trinajstić information content (AvgIpc) is 2.74. The van der Waals surface area contributed by atoms with Crippen molar-refractivity contribution in [2.24, 2.45) is 0 Å². The van der Waals surface area contributed by atoms with Crippen LogP contribution in [0.3, 0.4) is 0 Å². The summed E-state index contributed by atoms with van der Waals surface area (Å²) >= 11 is 6.39. The number of hydrogen-bond donors (Lipinski definition) is 1. The van der Waals surface area contributed by atoms with Gasteiger partial charge in [-0.1, -0.05) is 37.1 Å². The van der Waals surface area contributed by atoms with E-state index in [2.05, 4.69) is 16.9 Å². The van der Waals surface area contributed by atoms with Gasteiger partial charge < -0.3 is 14.5 Å². The number of nitrogens with zero attached hydrogens (tertiary/aromatic N) is 1. The lowest BCUT2D eigenvalue weighted by Crippen LogP contribution is -2.11. The van der Waals surface area contributed by atoms with E-state index in [4.69, 9.17) is 21.1 Å². The van der Waals surface area contributed by atoms with Crippen LogP contribution < -0.4 is 10.3 Å². The van der Waals surface area contributed by atoms with Gasteiger partial charge in [0.25, 0.3) is 5.56 Å². The molecule has 0 aliphatic heterocycles. The van der Waals surface area contributed by atoms with Crippen molar-refractivity contribution in [1.29, 1.82) is 0 Å². The van der Waals surface area contributed by atoms with E-state index in [1.54, 1.807) is 6.08 Å². The van der Waals surface area contributed by atoms with Gasteiger partial charge in [-0.25, -0.2) is 9.78 Å². The number of methoxy groups -OCH3 is 1. The van der Waals surface area contributed by atoms with Crippen molar-refractivity contribution < 1.29 is 14.3 Å². The largest absolute Gasteiger partial charge is 0.494 e. The minimum atomic E-state index is -0.501. The number of fused-ring (bicyclic) bond motifs is 1. The molecule has 0 aliphatic carbocycles. The third-order valence-corrected chi connectivity index (χ3v) is 4.58. The number of halogens is 1. The van der Waals surface area contributed by atoms with Crippen LogP contribution in [-0.2, 0) is 4.74 Å². The first-order valence-electron chi connectivity index (χ1n) is 9.24. The predicted molar refractivity (Wildman–Crippen MR) is 114 cm³/mol. The topological polar surface area (TPSA) is 81.3 Å². The summed E-state index contributed by atoms with van der Waals surface area (Å²) in [5, 5.41) is 0.631. The Balaban J connectivity index is 1.88. The smallest absolute Gasteiger partial charge is 0.337 e. The van der Waals surface area contributed by atoms with E-state index in [0.29, 0.717) is 23.1 Å². The molecule has 0 saturated carbocycles. The minimum absolute atomic E-state index is 0.217. The lowest BCUT2D eigenvalue weighted by atomic mass is 10.1. The Kier molecular flexibility index (Phi) is 6.67. The van der Waals surface area contributed by atoms with Crippen LogP contribution >= 0.6 is 11.6 Å². The monoisotopic (exact) mass is 412 g/mol. The van der Waals surface area contributed by atoms with Gasteiger partial charge >= 0.3 is 5.97 Å². The summed E-state index contributed by atoms with van der Waals surface area (Å²) in [5.41, 5.74) is 1.16. The highest BCUT2D eigenvalue weighted by Crippen LogP contribution is 2.22. The summed E-state index contributed by atoms with van der Waals surface area (Å²) in [7, 11) is 1.29. The Morgan fingerprint density at radius 2 is 1.97 bits per heavy atom. The molecule has 0 amide bonds. The Morgan fingerprint density at radius 1 is 1.21 bits per heavy atom. The molecule has 150 valence electrons. The fourth-order valence-electron chi connectivity index (χ4n) is 2.71. The molecule has 0 spiro atoms. The van der Waals surface area contributed by atoms with Crippen molar-refractivity contribution in [3.05, 3.63) is 69.8 Å². The van der Waals surface area contributed by atoms with Gasteiger partial charge in [0, 0.05) is 0 Å². The lowest BCUT2D eigenvalue weighted by Gasteiger charge is -2.06. The average molecular weight is 413 g/mol. The fraction of sp³-hybridized carbons (Fsp3) is 0.227. The van der Waals surface area contributed by atoms with E-state index in [1.165, 1.54) is 25.3 Å². The van der Waals surface area contributed by atoms with Crippen LogP contribution in [0.15, 0.2) is 47.3 Å². The molecule has 0 aliphatic rings. The first kappa shape index (κ1) is 20.6. The van der Waals surface area contributed by atoms with Gasteiger partial charge in [-0.05, 0) is 48.4 Å². The van der Waals surface area contributed by atoms with Gasteiger partial charge in [-0.2, -0.15) is 0 Å². The first-order valence-corrected chi connectivity index (χ1v) is 9.62. The Morgan fingerprint density at radius 3 is 2.66 bits per heavy atom. The molecule has 7 heteroatoms. The van der Waals surface area contributed by atoms with Gasteiger partial charge in [-0.15, -0.1) is 0 Å². The Hall–Kier alpha value is -3.12. The maximum Gasteiger partial charge on any atom is 0.337 e. The SMILES string of the molecule is CCCCOc1ccc(C=C(Cl)c2nc3cc(C(=O)OC)ccc3c(=O)[nH]2)cc1. The minimum Gasteiger partial charge on any atom is -0.494 e. The summed E-state index contributed by atoms with van der Waals surface area (Å²) in [6.45, 7) is 2.79. The first-order chi connectivity index (χ1) is 14.0. The number of ether oxygens (including phenoxy) is 2. The number of benzene rings is 2. The molecular formula is C22H21ClN2O4. The zero-order chi connectivity index (χ0) is 20.8. The van der Waals surface area contributed by atoms with Crippen molar-refractivity contribution in [1.82, 2.24) is 9.97 Å². The number of carbonyl (C=O) groups excluding carboxylic acids is 1. The number of esters is 1. The van der Waals surface area contributed by atoms with Crippen molar-refractivity contribution in [3.63, 3.8) is 0 Å². The molecule has 1 heterocycles. The molecule has 0 bridgehead atoms. The lowest BCUT2D eigenvalue weighted by molar-refractivity contribution is 0.0601. The molecule has 3 aromatic rings. The van der Waals surface area contributed by atoms with Gasteiger partial charge in [0.2, 0.25) is 0 Å². The molecule has 1 aromatic heterocycles. The van der Waals surface area contributed by atoms with E-state index in [-0.39, 0.29) is 16.4 Å². The molecule has 0 unspecified atom stereocenters. The summed E-state index contributed by atoms with van der Waals surface area (Å²) < 4.78 is 10.4. The van der Waals surface area contributed by atoms with Crippen LogP contribution in [0.2, 0.25) is 0 Å². The van der Waals surface area contributed by atoms with Crippen LogP contribution in [0.25, 0.3) is 22.0 Å². The molecule has 6 nitrogen and oxygen atoms in total. The van der Waals surface area contributed by atoms with Gasteiger partial charge in [0.1, 0.15) is 5.75 Å². The number of nitrogens with one attached hydrogen (secondary N) is 1. The predicted octanol–water partition coefficient (Wildman–Crippen LogP) is 4.63. The van der Waals surface area contributed by atoms with E-state index in [0.717, 1.165) is 24.2 Å². The van der Waals surface area contributed by atoms with Crippen LogP contribution in [-0.4, -0.2) is 29.7 Å². The van der Waals surface area contributed by atoms with Gasteiger partial charge in [0.05, 0.1) is 35.2 Å². The molecule has 29 heavy (non-hydrogen) atoms. The molecule has 0 saturated heterocycles.